The average Bonchev–Trinajstić information content (AvgIpc) is 2.76. The standard InChI is InChI=1S/C14H22BrNS/c1-2-7-16-8-11-5-3-4-6-12(11)13-9-17-10-14(13)15/h9-12,16H,2-8H2,1H3. The van der Waals surface area contributed by atoms with Gasteiger partial charge in [0.25, 0.3) is 0 Å². The van der Waals surface area contributed by atoms with Crippen LogP contribution < -0.4 is 5.32 Å². The van der Waals surface area contributed by atoms with Crippen molar-refractivity contribution in [2.24, 2.45) is 5.92 Å². The molecular weight excluding hydrogens is 294 g/mol. The smallest absolute Gasteiger partial charge is 0.0317 e. The van der Waals surface area contributed by atoms with E-state index in [1.807, 2.05) is 11.3 Å². The molecule has 1 fully saturated rings. The monoisotopic (exact) mass is 315 g/mol. The van der Waals surface area contributed by atoms with Crippen LogP contribution in [0, 0.1) is 5.92 Å². The molecule has 1 heterocycles. The lowest BCUT2D eigenvalue weighted by Gasteiger charge is -2.32. The summed E-state index contributed by atoms with van der Waals surface area (Å²) in [4.78, 5) is 0. The molecular formula is C14H22BrNS. The fraction of sp³-hybridized carbons (Fsp3) is 0.714. The maximum Gasteiger partial charge on any atom is 0.0317 e. The largest absolute Gasteiger partial charge is 0.316 e. The van der Waals surface area contributed by atoms with E-state index in [2.05, 4.69) is 38.9 Å². The van der Waals surface area contributed by atoms with Gasteiger partial charge in [-0.1, -0.05) is 19.8 Å². The molecule has 0 spiro atoms. The van der Waals surface area contributed by atoms with Crippen LogP contribution in [0.25, 0.3) is 0 Å². The third-order valence-corrected chi connectivity index (χ3v) is 5.54. The molecule has 0 radical (unpaired) electrons. The van der Waals surface area contributed by atoms with Crippen molar-refractivity contribution in [2.75, 3.05) is 13.1 Å². The van der Waals surface area contributed by atoms with Gasteiger partial charge in [0.2, 0.25) is 0 Å². The summed E-state index contributed by atoms with van der Waals surface area (Å²) in [5, 5.41) is 8.17. The molecule has 1 aliphatic carbocycles. The third-order valence-electron chi connectivity index (χ3n) is 3.78. The first-order valence-electron chi connectivity index (χ1n) is 6.75. The van der Waals surface area contributed by atoms with Gasteiger partial charge in [0.05, 0.1) is 0 Å². The summed E-state index contributed by atoms with van der Waals surface area (Å²) in [6.45, 7) is 4.59. The van der Waals surface area contributed by atoms with Crippen LogP contribution in [0.3, 0.4) is 0 Å². The Morgan fingerprint density at radius 2 is 2.18 bits per heavy atom. The summed E-state index contributed by atoms with van der Waals surface area (Å²) in [6.07, 6.45) is 6.81. The van der Waals surface area contributed by atoms with Crippen LogP contribution in [0.5, 0.6) is 0 Å². The van der Waals surface area contributed by atoms with Gasteiger partial charge in [-0.25, -0.2) is 0 Å². The maximum absolute atomic E-state index is 3.70. The van der Waals surface area contributed by atoms with Crippen molar-refractivity contribution in [3.8, 4) is 0 Å². The van der Waals surface area contributed by atoms with Crippen LogP contribution in [0.4, 0.5) is 0 Å². The summed E-state index contributed by atoms with van der Waals surface area (Å²) < 4.78 is 1.33. The second-order valence-electron chi connectivity index (χ2n) is 5.03. The molecule has 0 bridgehead atoms. The quantitative estimate of drug-likeness (QED) is 0.771. The van der Waals surface area contributed by atoms with E-state index in [1.54, 1.807) is 5.56 Å². The van der Waals surface area contributed by atoms with Gasteiger partial charge in [0.1, 0.15) is 0 Å². The minimum atomic E-state index is 0.772. The highest BCUT2D eigenvalue weighted by Gasteiger charge is 2.27. The Morgan fingerprint density at radius 1 is 1.35 bits per heavy atom. The van der Waals surface area contributed by atoms with E-state index in [1.165, 1.54) is 43.1 Å². The van der Waals surface area contributed by atoms with Crippen molar-refractivity contribution in [1.29, 1.82) is 0 Å². The maximum atomic E-state index is 3.70. The molecule has 3 heteroatoms. The van der Waals surface area contributed by atoms with Crippen LogP contribution in [-0.2, 0) is 0 Å². The van der Waals surface area contributed by atoms with E-state index in [9.17, 15) is 0 Å². The Morgan fingerprint density at radius 3 is 2.88 bits per heavy atom. The fourth-order valence-corrected chi connectivity index (χ4v) is 4.54. The van der Waals surface area contributed by atoms with E-state index in [4.69, 9.17) is 0 Å². The molecule has 0 saturated heterocycles. The molecule has 2 unspecified atom stereocenters. The number of halogens is 1. The molecule has 1 nitrogen and oxygen atoms in total. The SMILES string of the molecule is CCCNCC1CCCCC1c1cscc1Br. The molecule has 2 atom stereocenters. The van der Waals surface area contributed by atoms with Crippen molar-refractivity contribution in [1.82, 2.24) is 5.32 Å². The van der Waals surface area contributed by atoms with Crippen molar-refractivity contribution < 1.29 is 0 Å². The molecule has 1 aromatic rings. The Kier molecular flexibility index (Phi) is 5.51. The van der Waals surface area contributed by atoms with E-state index < -0.39 is 0 Å². The number of rotatable bonds is 5. The van der Waals surface area contributed by atoms with Gasteiger partial charge >= 0.3 is 0 Å². The summed E-state index contributed by atoms with van der Waals surface area (Å²) in [7, 11) is 0. The van der Waals surface area contributed by atoms with E-state index >= 15 is 0 Å². The first-order chi connectivity index (χ1) is 8.33. The zero-order chi connectivity index (χ0) is 12.1. The second-order valence-corrected chi connectivity index (χ2v) is 6.63. The van der Waals surface area contributed by atoms with Gasteiger partial charge in [-0.2, -0.15) is 11.3 Å². The number of hydrogen-bond donors (Lipinski definition) is 1. The molecule has 0 aliphatic heterocycles. The topological polar surface area (TPSA) is 12.0 Å². The first kappa shape index (κ1) is 13.6. The number of hydrogen-bond acceptors (Lipinski definition) is 2. The predicted octanol–water partition coefficient (Wildman–Crippen LogP) is 4.78. The van der Waals surface area contributed by atoms with Crippen molar-refractivity contribution in [2.45, 2.75) is 44.9 Å². The Balaban J connectivity index is 1.99. The molecule has 1 saturated carbocycles. The van der Waals surface area contributed by atoms with Crippen LogP contribution in [0.15, 0.2) is 15.2 Å². The minimum absolute atomic E-state index is 0.772. The van der Waals surface area contributed by atoms with Crippen LogP contribution in [-0.4, -0.2) is 13.1 Å². The Hall–Kier alpha value is 0.140. The van der Waals surface area contributed by atoms with Gasteiger partial charge in [0, 0.05) is 9.85 Å². The Bertz CT molecular complexity index is 337. The lowest BCUT2D eigenvalue weighted by molar-refractivity contribution is 0.296. The van der Waals surface area contributed by atoms with Crippen molar-refractivity contribution in [3.63, 3.8) is 0 Å². The summed E-state index contributed by atoms with van der Waals surface area (Å²) in [5.74, 6) is 1.61. The number of thiophene rings is 1. The van der Waals surface area contributed by atoms with Gasteiger partial charge in [0.15, 0.2) is 0 Å². The van der Waals surface area contributed by atoms with Crippen molar-refractivity contribution in [3.05, 3.63) is 20.8 Å². The third kappa shape index (κ3) is 3.55. The molecule has 2 rings (SSSR count). The predicted molar refractivity (Wildman–Crippen MR) is 79.9 cm³/mol. The molecule has 0 aromatic carbocycles. The zero-order valence-electron chi connectivity index (χ0n) is 10.5. The zero-order valence-corrected chi connectivity index (χ0v) is 12.9. The van der Waals surface area contributed by atoms with E-state index in [0.717, 1.165) is 18.4 Å². The van der Waals surface area contributed by atoms with Crippen LogP contribution in [0.1, 0.15) is 50.5 Å². The molecule has 1 N–H and O–H groups in total. The highest BCUT2D eigenvalue weighted by molar-refractivity contribution is 9.10. The van der Waals surface area contributed by atoms with Crippen molar-refractivity contribution >= 4 is 27.3 Å². The molecule has 1 aliphatic rings. The molecule has 17 heavy (non-hydrogen) atoms. The average molecular weight is 316 g/mol. The second kappa shape index (κ2) is 6.91. The highest BCUT2D eigenvalue weighted by atomic mass is 79.9. The van der Waals surface area contributed by atoms with Crippen LogP contribution in [0.2, 0.25) is 0 Å². The summed E-state index contributed by atoms with van der Waals surface area (Å²) in [5.41, 5.74) is 1.55. The van der Waals surface area contributed by atoms with Gasteiger partial charge in [-0.05, 0) is 71.1 Å². The summed E-state index contributed by atoms with van der Waals surface area (Å²) >= 11 is 5.52. The minimum Gasteiger partial charge on any atom is -0.316 e. The lowest BCUT2D eigenvalue weighted by Crippen LogP contribution is -2.30. The Labute approximate surface area is 117 Å². The van der Waals surface area contributed by atoms with Gasteiger partial charge in [-0.3, -0.25) is 0 Å². The molecule has 96 valence electrons. The summed E-state index contributed by atoms with van der Waals surface area (Å²) in [6, 6.07) is 0. The fourth-order valence-electron chi connectivity index (χ4n) is 2.88. The van der Waals surface area contributed by atoms with Gasteiger partial charge in [-0.15, -0.1) is 0 Å². The lowest BCUT2D eigenvalue weighted by atomic mass is 9.76. The number of nitrogens with one attached hydrogen (secondary N) is 1. The van der Waals surface area contributed by atoms with E-state index in [-0.39, 0.29) is 0 Å². The normalized spacial score (nSPS) is 25.1. The first-order valence-corrected chi connectivity index (χ1v) is 8.48. The highest BCUT2D eigenvalue weighted by Crippen LogP contribution is 2.41. The molecule has 1 aromatic heterocycles. The van der Waals surface area contributed by atoms with Crippen LogP contribution >= 0.6 is 27.3 Å². The van der Waals surface area contributed by atoms with E-state index in [0.29, 0.717) is 0 Å². The van der Waals surface area contributed by atoms with Gasteiger partial charge < -0.3 is 5.32 Å². The molecule has 0 amide bonds.